The van der Waals surface area contributed by atoms with Crippen LogP contribution in [0.3, 0.4) is 0 Å². The summed E-state index contributed by atoms with van der Waals surface area (Å²) < 4.78 is 0.313. The van der Waals surface area contributed by atoms with E-state index in [0.717, 1.165) is 31.7 Å². The number of nitrogens with zero attached hydrogens (tertiary/aromatic N) is 1. The maximum absolute atomic E-state index is 12.2. The standard InChI is InChI=1S/C13H26N2OS/c1-4-11(10-14)9-12(16)15-6-5-13(2,3)17-8-7-15/h11H,4-10,14H2,1-3H3. The lowest BCUT2D eigenvalue weighted by molar-refractivity contribution is -0.132. The van der Waals surface area contributed by atoms with Crippen LogP contribution in [0.2, 0.25) is 0 Å². The number of carbonyl (C=O) groups is 1. The monoisotopic (exact) mass is 258 g/mol. The first-order chi connectivity index (χ1) is 7.98. The molecule has 1 fully saturated rings. The van der Waals surface area contributed by atoms with Crippen LogP contribution < -0.4 is 5.73 Å². The maximum atomic E-state index is 12.2. The molecule has 1 rings (SSSR count). The Morgan fingerprint density at radius 2 is 2.18 bits per heavy atom. The van der Waals surface area contributed by atoms with Crippen molar-refractivity contribution < 1.29 is 4.79 Å². The molecule has 3 nitrogen and oxygen atoms in total. The smallest absolute Gasteiger partial charge is 0.222 e. The van der Waals surface area contributed by atoms with Gasteiger partial charge in [0.25, 0.3) is 0 Å². The fourth-order valence-corrected chi connectivity index (χ4v) is 3.14. The molecule has 0 aromatic heterocycles. The van der Waals surface area contributed by atoms with Crippen LogP contribution in [0.5, 0.6) is 0 Å². The van der Waals surface area contributed by atoms with Gasteiger partial charge in [0.05, 0.1) is 0 Å². The Morgan fingerprint density at radius 1 is 1.47 bits per heavy atom. The van der Waals surface area contributed by atoms with Gasteiger partial charge in [-0.25, -0.2) is 0 Å². The third kappa shape index (κ3) is 4.88. The lowest BCUT2D eigenvalue weighted by atomic mass is 10.0. The summed E-state index contributed by atoms with van der Waals surface area (Å²) in [6.45, 7) is 9.05. The second-order valence-corrected chi connectivity index (χ2v) is 7.26. The minimum atomic E-state index is 0.292. The van der Waals surface area contributed by atoms with E-state index in [0.29, 0.717) is 29.5 Å². The predicted molar refractivity (Wildman–Crippen MR) is 75.2 cm³/mol. The van der Waals surface area contributed by atoms with Gasteiger partial charge in [0, 0.05) is 30.0 Å². The molecule has 0 aromatic rings. The van der Waals surface area contributed by atoms with Crippen LogP contribution in [0.1, 0.15) is 40.0 Å². The molecule has 0 spiro atoms. The summed E-state index contributed by atoms with van der Waals surface area (Å²) in [7, 11) is 0. The molecule has 0 radical (unpaired) electrons. The zero-order valence-electron chi connectivity index (χ0n) is 11.4. The van der Waals surface area contributed by atoms with Crippen LogP contribution >= 0.6 is 11.8 Å². The average Bonchev–Trinajstić information content (AvgIpc) is 2.46. The van der Waals surface area contributed by atoms with Gasteiger partial charge in [-0.2, -0.15) is 11.8 Å². The van der Waals surface area contributed by atoms with E-state index in [1.54, 1.807) is 0 Å². The van der Waals surface area contributed by atoms with Gasteiger partial charge in [-0.15, -0.1) is 0 Å². The normalized spacial score (nSPS) is 22.0. The van der Waals surface area contributed by atoms with Gasteiger partial charge in [-0.1, -0.05) is 27.2 Å². The Morgan fingerprint density at radius 3 is 2.76 bits per heavy atom. The molecule has 1 amide bonds. The molecular formula is C13H26N2OS. The van der Waals surface area contributed by atoms with Gasteiger partial charge in [-0.3, -0.25) is 4.79 Å². The predicted octanol–water partition coefficient (Wildman–Crippen LogP) is 2.11. The lowest BCUT2D eigenvalue weighted by Gasteiger charge is -2.24. The molecule has 1 heterocycles. The summed E-state index contributed by atoms with van der Waals surface area (Å²) >= 11 is 1.97. The second-order valence-electron chi connectivity index (χ2n) is 5.45. The highest BCUT2D eigenvalue weighted by Crippen LogP contribution is 2.30. The first kappa shape index (κ1) is 14.8. The van der Waals surface area contributed by atoms with E-state index in [4.69, 9.17) is 5.73 Å². The first-order valence-electron chi connectivity index (χ1n) is 6.60. The molecule has 1 unspecified atom stereocenters. The fraction of sp³-hybridized carbons (Fsp3) is 0.923. The molecular weight excluding hydrogens is 232 g/mol. The van der Waals surface area contributed by atoms with Gasteiger partial charge in [-0.05, 0) is 18.9 Å². The summed E-state index contributed by atoms with van der Waals surface area (Å²) in [5, 5.41) is 0. The van der Waals surface area contributed by atoms with Crippen molar-refractivity contribution in [3.8, 4) is 0 Å². The minimum Gasteiger partial charge on any atom is -0.342 e. The quantitative estimate of drug-likeness (QED) is 0.840. The van der Waals surface area contributed by atoms with Crippen molar-refractivity contribution in [1.29, 1.82) is 0 Å². The number of amides is 1. The van der Waals surface area contributed by atoms with E-state index < -0.39 is 0 Å². The van der Waals surface area contributed by atoms with E-state index in [1.165, 1.54) is 0 Å². The van der Waals surface area contributed by atoms with Gasteiger partial charge in [0.15, 0.2) is 0 Å². The van der Waals surface area contributed by atoms with Crippen LogP contribution in [0.25, 0.3) is 0 Å². The van der Waals surface area contributed by atoms with Crippen molar-refractivity contribution in [3.05, 3.63) is 0 Å². The lowest BCUT2D eigenvalue weighted by Crippen LogP contribution is -2.35. The Bertz CT molecular complexity index is 252. The topological polar surface area (TPSA) is 46.3 Å². The Labute approximate surface area is 109 Å². The van der Waals surface area contributed by atoms with Crippen LogP contribution in [0, 0.1) is 5.92 Å². The summed E-state index contributed by atoms with van der Waals surface area (Å²) in [5.41, 5.74) is 5.66. The average molecular weight is 258 g/mol. The third-order valence-corrected chi connectivity index (χ3v) is 4.94. The number of nitrogens with two attached hydrogens (primary N) is 1. The highest BCUT2D eigenvalue weighted by Gasteiger charge is 2.26. The van der Waals surface area contributed by atoms with Crippen molar-refractivity contribution in [2.45, 2.75) is 44.8 Å². The molecule has 0 aliphatic carbocycles. The zero-order chi connectivity index (χ0) is 12.9. The number of rotatable bonds is 4. The minimum absolute atomic E-state index is 0.292. The summed E-state index contributed by atoms with van der Waals surface area (Å²) in [6.07, 6.45) is 2.71. The molecule has 0 aromatic carbocycles. The number of hydrogen-bond acceptors (Lipinski definition) is 3. The van der Waals surface area contributed by atoms with Gasteiger partial charge < -0.3 is 10.6 Å². The van der Waals surface area contributed by atoms with Crippen molar-refractivity contribution in [2.75, 3.05) is 25.4 Å². The number of thioether (sulfide) groups is 1. The molecule has 1 atom stereocenters. The van der Waals surface area contributed by atoms with Crippen molar-refractivity contribution >= 4 is 17.7 Å². The van der Waals surface area contributed by atoms with Gasteiger partial charge in [0.2, 0.25) is 5.91 Å². The second kappa shape index (κ2) is 6.64. The zero-order valence-corrected chi connectivity index (χ0v) is 12.2. The Hall–Kier alpha value is -0.220. The van der Waals surface area contributed by atoms with Crippen LogP contribution in [0.4, 0.5) is 0 Å². The highest BCUT2D eigenvalue weighted by atomic mass is 32.2. The van der Waals surface area contributed by atoms with Gasteiger partial charge >= 0.3 is 0 Å². The molecule has 1 aliphatic heterocycles. The van der Waals surface area contributed by atoms with Crippen molar-refractivity contribution in [2.24, 2.45) is 11.7 Å². The van der Waals surface area contributed by atoms with E-state index in [9.17, 15) is 4.79 Å². The van der Waals surface area contributed by atoms with Gasteiger partial charge in [0.1, 0.15) is 0 Å². The molecule has 4 heteroatoms. The van der Waals surface area contributed by atoms with Crippen LogP contribution in [-0.4, -0.2) is 40.9 Å². The summed E-state index contributed by atoms with van der Waals surface area (Å²) in [5.74, 6) is 1.70. The van der Waals surface area contributed by atoms with E-state index in [1.807, 2.05) is 16.7 Å². The van der Waals surface area contributed by atoms with Crippen LogP contribution in [0.15, 0.2) is 0 Å². The molecule has 17 heavy (non-hydrogen) atoms. The molecule has 0 bridgehead atoms. The molecule has 1 aliphatic rings. The fourth-order valence-electron chi connectivity index (χ4n) is 2.04. The SMILES string of the molecule is CCC(CN)CC(=O)N1CCSC(C)(C)CC1. The molecule has 100 valence electrons. The third-order valence-electron chi connectivity index (χ3n) is 3.56. The molecule has 0 saturated carbocycles. The summed E-state index contributed by atoms with van der Waals surface area (Å²) in [4.78, 5) is 14.2. The molecule has 1 saturated heterocycles. The summed E-state index contributed by atoms with van der Waals surface area (Å²) in [6, 6.07) is 0. The van der Waals surface area contributed by atoms with E-state index in [2.05, 4.69) is 20.8 Å². The number of carbonyl (C=O) groups excluding carboxylic acids is 1. The Kier molecular flexibility index (Phi) is 5.80. The van der Waals surface area contributed by atoms with E-state index >= 15 is 0 Å². The van der Waals surface area contributed by atoms with Crippen molar-refractivity contribution in [3.63, 3.8) is 0 Å². The highest BCUT2D eigenvalue weighted by molar-refractivity contribution is 8.00. The number of hydrogen-bond donors (Lipinski definition) is 1. The first-order valence-corrected chi connectivity index (χ1v) is 7.59. The van der Waals surface area contributed by atoms with E-state index in [-0.39, 0.29) is 0 Å². The largest absolute Gasteiger partial charge is 0.342 e. The maximum Gasteiger partial charge on any atom is 0.222 e. The Balaban J connectivity index is 2.47. The van der Waals surface area contributed by atoms with Crippen molar-refractivity contribution in [1.82, 2.24) is 4.90 Å². The molecule has 2 N–H and O–H groups in total. The van der Waals surface area contributed by atoms with Crippen LogP contribution in [-0.2, 0) is 4.79 Å².